The van der Waals surface area contributed by atoms with E-state index >= 15 is 0 Å². The van der Waals surface area contributed by atoms with Gasteiger partial charge in [0.25, 0.3) is 5.89 Å². The van der Waals surface area contributed by atoms with Crippen molar-refractivity contribution in [3.05, 3.63) is 54.3 Å². The number of anilines is 1. The molecule has 1 fully saturated rings. The molecule has 0 N–H and O–H groups in total. The second kappa shape index (κ2) is 12.2. The van der Waals surface area contributed by atoms with E-state index in [0.717, 1.165) is 24.3 Å². The Kier molecular flexibility index (Phi) is 8.99. The van der Waals surface area contributed by atoms with E-state index in [-0.39, 0.29) is 18.3 Å². The molecule has 3 aromatic rings. The summed E-state index contributed by atoms with van der Waals surface area (Å²) in [6.07, 6.45) is -1.81. The maximum Gasteiger partial charge on any atom is 0.427 e. The standard InChI is InChI=1S/C30H33F4N5O4/c1-27(2,19-35)41-22-11-9-20(10-12-22)21-13-16-36-24(18-21)39(26(40)42-28(3,4)30(32,33)34)17-7-5-6-8-23-37-25(43-38-23)29(31)14-15-29/h9-13,16,18H,5-8,14-15,17H2,1-4H3. The van der Waals surface area contributed by atoms with Gasteiger partial charge in [-0.2, -0.15) is 23.4 Å². The topological polar surface area (TPSA) is 114 Å². The van der Waals surface area contributed by atoms with Gasteiger partial charge in [-0.3, -0.25) is 4.90 Å². The summed E-state index contributed by atoms with van der Waals surface area (Å²) >= 11 is 0. The number of carbonyl (C=O) groups excluding carboxylic acids is 1. The first-order valence-corrected chi connectivity index (χ1v) is 13.9. The number of rotatable bonds is 12. The first kappa shape index (κ1) is 31.7. The fourth-order valence-corrected chi connectivity index (χ4v) is 4.00. The van der Waals surface area contributed by atoms with E-state index in [0.29, 0.717) is 55.7 Å². The Labute approximate surface area is 246 Å². The number of amides is 1. The van der Waals surface area contributed by atoms with E-state index in [4.69, 9.17) is 14.0 Å². The molecule has 1 aliphatic rings. The summed E-state index contributed by atoms with van der Waals surface area (Å²) in [5.74, 6) is 0.969. The minimum Gasteiger partial charge on any atom is -0.473 e. The first-order valence-electron chi connectivity index (χ1n) is 13.9. The molecule has 0 unspecified atom stereocenters. The van der Waals surface area contributed by atoms with Crippen molar-refractivity contribution in [2.45, 2.75) is 89.3 Å². The van der Waals surface area contributed by atoms with E-state index in [2.05, 4.69) is 21.2 Å². The van der Waals surface area contributed by atoms with Gasteiger partial charge in [0.2, 0.25) is 5.60 Å². The van der Waals surface area contributed by atoms with Gasteiger partial charge in [-0.25, -0.2) is 14.2 Å². The number of alkyl halides is 4. The third-order valence-corrected chi connectivity index (χ3v) is 6.92. The maximum absolute atomic E-state index is 14.1. The van der Waals surface area contributed by atoms with Gasteiger partial charge in [0.15, 0.2) is 17.1 Å². The highest BCUT2D eigenvalue weighted by Crippen LogP contribution is 2.48. The predicted molar refractivity (Wildman–Crippen MR) is 148 cm³/mol. The highest BCUT2D eigenvalue weighted by molar-refractivity contribution is 5.87. The minimum atomic E-state index is -4.78. The normalized spacial score (nSPS) is 14.6. The van der Waals surface area contributed by atoms with Crippen molar-refractivity contribution in [3.8, 4) is 22.9 Å². The Hall–Kier alpha value is -4.21. The van der Waals surface area contributed by atoms with Gasteiger partial charge in [0, 0.05) is 19.2 Å². The zero-order valence-electron chi connectivity index (χ0n) is 24.4. The summed E-state index contributed by atoms with van der Waals surface area (Å²) in [6, 6.07) is 12.2. The molecule has 230 valence electrons. The largest absolute Gasteiger partial charge is 0.473 e. The third-order valence-electron chi connectivity index (χ3n) is 6.92. The lowest BCUT2D eigenvalue weighted by molar-refractivity contribution is -0.243. The quantitative estimate of drug-likeness (QED) is 0.155. The summed E-state index contributed by atoms with van der Waals surface area (Å²) in [6.45, 7) is 4.88. The number of unbranched alkanes of at least 4 members (excludes halogenated alkanes) is 2. The summed E-state index contributed by atoms with van der Waals surface area (Å²) in [5, 5.41) is 13.0. The SMILES string of the molecule is CC(C)(C#N)Oc1ccc(-c2ccnc(N(CCCCCc3noc(C4(F)CC4)n3)C(=O)OC(C)(C)C(F)(F)F)c2)cc1. The van der Waals surface area contributed by atoms with Crippen LogP contribution in [0.5, 0.6) is 5.75 Å². The van der Waals surface area contributed by atoms with Crippen molar-refractivity contribution in [2.24, 2.45) is 0 Å². The molecule has 1 amide bonds. The molecule has 2 heterocycles. The minimum absolute atomic E-state index is 0.0113. The monoisotopic (exact) mass is 603 g/mol. The molecule has 0 saturated heterocycles. The molecule has 9 nitrogen and oxygen atoms in total. The molecule has 1 aliphatic carbocycles. The van der Waals surface area contributed by atoms with Crippen LogP contribution in [0.25, 0.3) is 11.1 Å². The van der Waals surface area contributed by atoms with Crippen LogP contribution in [-0.4, -0.2) is 45.1 Å². The van der Waals surface area contributed by atoms with Crippen LogP contribution >= 0.6 is 0 Å². The number of ether oxygens (including phenoxy) is 2. The Morgan fingerprint density at radius 2 is 1.77 bits per heavy atom. The van der Waals surface area contributed by atoms with Crippen LogP contribution in [0.15, 0.2) is 47.1 Å². The molecule has 0 atom stereocenters. The highest BCUT2D eigenvalue weighted by atomic mass is 19.4. The number of aryl methyl sites for hydroxylation is 1. The molecule has 2 aromatic heterocycles. The fraction of sp³-hybridized carbons (Fsp3) is 0.500. The molecule has 0 radical (unpaired) electrons. The van der Waals surface area contributed by atoms with Crippen LogP contribution in [0.4, 0.5) is 28.2 Å². The number of nitrogens with zero attached hydrogens (tertiary/aromatic N) is 5. The fourth-order valence-electron chi connectivity index (χ4n) is 4.00. The highest BCUT2D eigenvalue weighted by Gasteiger charge is 2.52. The molecule has 0 spiro atoms. The number of aromatic nitrogens is 3. The number of nitriles is 1. The molecular weight excluding hydrogens is 570 g/mol. The van der Waals surface area contributed by atoms with Crippen molar-refractivity contribution >= 4 is 11.9 Å². The van der Waals surface area contributed by atoms with Crippen LogP contribution in [0, 0.1) is 11.3 Å². The first-order chi connectivity index (χ1) is 20.1. The van der Waals surface area contributed by atoms with Gasteiger partial charge in [-0.05, 0) is 88.8 Å². The van der Waals surface area contributed by atoms with Crippen LogP contribution < -0.4 is 9.64 Å². The number of halogens is 4. The summed E-state index contributed by atoms with van der Waals surface area (Å²) < 4.78 is 70.2. The maximum atomic E-state index is 14.1. The third kappa shape index (κ3) is 8.00. The second-order valence-corrected chi connectivity index (χ2v) is 11.5. The van der Waals surface area contributed by atoms with Gasteiger partial charge < -0.3 is 14.0 Å². The van der Waals surface area contributed by atoms with Gasteiger partial charge >= 0.3 is 12.3 Å². The average molecular weight is 604 g/mol. The van der Waals surface area contributed by atoms with Crippen LogP contribution in [0.2, 0.25) is 0 Å². The molecule has 43 heavy (non-hydrogen) atoms. The van der Waals surface area contributed by atoms with Crippen molar-refractivity contribution in [3.63, 3.8) is 0 Å². The Bertz CT molecular complexity index is 1460. The van der Waals surface area contributed by atoms with Gasteiger partial charge in [0.05, 0.1) is 0 Å². The van der Waals surface area contributed by atoms with E-state index in [9.17, 15) is 27.6 Å². The van der Waals surface area contributed by atoms with E-state index in [1.54, 1.807) is 50.2 Å². The molecular formula is C30H33F4N5O4. The number of hydrogen-bond acceptors (Lipinski definition) is 8. The van der Waals surface area contributed by atoms with Crippen LogP contribution in [0.3, 0.4) is 0 Å². The van der Waals surface area contributed by atoms with Crippen molar-refractivity contribution in [2.75, 3.05) is 11.4 Å². The number of carbonyl (C=O) groups is 1. The van der Waals surface area contributed by atoms with E-state index < -0.39 is 29.1 Å². The average Bonchev–Trinajstić information content (AvgIpc) is 3.50. The number of hydrogen-bond donors (Lipinski definition) is 0. The van der Waals surface area contributed by atoms with Gasteiger partial charge in [-0.1, -0.05) is 23.7 Å². The zero-order chi connectivity index (χ0) is 31.5. The number of benzene rings is 1. The van der Waals surface area contributed by atoms with E-state index in [1.807, 2.05) is 0 Å². The van der Waals surface area contributed by atoms with Gasteiger partial charge in [-0.15, -0.1) is 0 Å². The molecule has 4 rings (SSSR count). The Morgan fingerprint density at radius 3 is 2.40 bits per heavy atom. The van der Waals surface area contributed by atoms with Crippen molar-refractivity contribution in [1.29, 1.82) is 5.26 Å². The lowest BCUT2D eigenvalue weighted by Gasteiger charge is -2.31. The predicted octanol–water partition coefficient (Wildman–Crippen LogP) is 7.47. The van der Waals surface area contributed by atoms with E-state index in [1.165, 1.54) is 6.20 Å². The van der Waals surface area contributed by atoms with Crippen LogP contribution in [-0.2, 0) is 16.8 Å². The summed E-state index contributed by atoms with van der Waals surface area (Å²) in [7, 11) is 0. The molecule has 0 aliphatic heterocycles. The smallest absolute Gasteiger partial charge is 0.427 e. The molecule has 1 aromatic carbocycles. The zero-order valence-corrected chi connectivity index (χ0v) is 24.4. The number of pyridine rings is 1. The summed E-state index contributed by atoms with van der Waals surface area (Å²) in [4.78, 5) is 22.5. The van der Waals surface area contributed by atoms with Crippen molar-refractivity contribution in [1.82, 2.24) is 15.1 Å². The molecule has 13 heteroatoms. The Morgan fingerprint density at radius 1 is 1.07 bits per heavy atom. The lowest BCUT2D eigenvalue weighted by atomic mass is 10.1. The lowest BCUT2D eigenvalue weighted by Crippen LogP contribution is -2.47. The summed E-state index contributed by atoms with van der Waals surface area (Å²) in [5.41, 5.74) is -3.87. The van der Waals surface area contributed by atoms with Crippen molar-refractivity contribution < 1.29 is 36.4 Å². The molecule has 1 saturated carbocycles. The second-order valence-electron chi connectivity index (χ2n) is 11.5. The Balaban J connectivity index is 1.46. The van der Waals surface area contributed by atoms with Crippen LogP contribution in [0.1, 0.15) is 71.5 Å². The molecule has 0 bridgehead atoms. The van der Waals surface area contributed by atoms with Gasteiger partial charge in [0.1, 0.15) is 17.6 Å².